The molecule has 0 N–H and O–H groups in total. The second kappa shape index (κ2) is 7.34. The average Bonchev–Trinajstić information content (AvgIpc) is 2.61. The lowest BCUT2D eigenvalue weighted by atomic mass is 9.70. The number of benzene rings is 1. The Morgan fingerprint density at radius 3 is 2.22 bits per heavy atom. The maximum atomic E-state index is 11.6. The fourth-order valence-electron chi connectivity index (χ4n) is 5.01. The molecule has 1 aromatic carbocycles. The molecule has 2 aliphatic rings. The van der Waals surface area contributed by atoms with Crippen molar-refractivity contribution in [1.82, 2.24) is 0 Å². The van der Waals surface area contributed by atoms with E-state index in [1.54, 1.807) is 5.19 Å². The number of ketones is 1. The van der Waals surface area contributed by atoms with Crippen molar-refractivity contribution in [3.05, 3.63) is 30.3 Å². The van der Waals surface area contributed by atoms with Crippen molar-refractivity contribution in [2.24, 2.45) is 5.41 Å². The highest BCUT2D eigenvalue weighted by molar-refractivity contribution is 6.92. The Hall–Kier alpha value is -0.893. The predicted octanol–water partition coefficient (Wildman–Crippen LogP) is 5.46. The lowest BCUT2D eigenvalue weighted by molar-refractivity contribution is -0.122. The Kier molecular flexibility index (Phi) is 5.40. The number of unbranched alkanes of at least 4 members (excludes halogenated alkanes) is 2. The summed E-state index contributed by atoms with van der Waals surface area (Å²) in [5, 5.41) is 1.71. The van der Waals surface area contributed by atoms with Gasteiger partial charge in [-0.2, -0.15) is 0 Å². The number of rotatable bonds is 5. The van der Waals surface area contributed by atoms with Crippen LogP contribution in [0.5, 0.6) is 0 Å². The molecule has 0 bridgehead atoms. The minimum Gasteiger partial charge on any atom is -0.300 e. The van der Waals surface area contributed by atoms with Crippen molar-refractivity contribution >= 4 is 19.0 Å². The van der Waals surface area contributed by atoms with Gasteiger partial charge in [0, 0.05) is 12.8 Å². The first-order valence-corrected chi connectivity index (χ1v) is 12.4. The fourth-order valence-corrected chi connectivity index (χ4v) is 10.5. The smallest absolute Gasteiger partial charge is 0.132 e. The van der Waals surface area contributed by atoms with Gasteiger partial charge in [0.15, 0.2) is 0 Å². The molecule has 2 fully saturated rings. The number of carbonyl (C=O) groups is 1. The molecule has 126 valence electrons. The molecule has 23 heavy (non-hydrogen) atoms. The lowest BCUT2D eigenvalue weighted by Gasteiger charge is -2.47. The molecule has 0 unspecified atom stereocenters. The first-order chi connectivity index (χ1) is 11.2. The largest absolute Gasteiger partial charge is 0.300 e. The van der Waals surface area contributed by atoms with Crippen LogP contribution >= 0.6 is 0 Å². The van der Waals surface area contributed by atoms with E-state index in [0.717, 1.165) is 12.8 Å². The number of Topliss-reactive ketones (excluding diaryl/α,β-unsaturated/α-hetero) is 1. The molecule has 3 rings (SSSR count). The van der Waals surface area contributed by atoms with Gasteiger partial charge in [-0.3, -0.25) is 4.79 Å². The third kappa shape index (κ3) is 3.79. The molecule has 1 aliphatic heterocycles. The molecule has 0 atom stereocenters. The summed E-state index contributed by atoms with van der Waals surface area (Å²) >= 11 is 0. The first kappa shape index (κ1) is 16.9. The highest BCUT2D eigenvalue weighted by Crippen LogP contribution is 2.50. The van der Waals surface area contributed by atoms with E-state index in [1.165, 1.54) is 63.1 Å². The van der Waals surface area contributed by atoms with Crippen molar-refractivity contribution in [3.8, 4) is 0 Å². The Bertz CT molecular complexity index is 502. The summed E-state index contributed by atoms with van der Waals surface area (Å²) in [6.45, 7) is 2.31. The Morgan fingerprint density at radius 1 is 0.957 bits per heavy atom. The van der Waals surface area contributed by atoms with Crippen LogP contribution in [0.25, 0.3) is 0 Å². The van der Waals surface area contributed by atoms with Crippen molar-refractivity contribution < 1.29 is 4.79 Å². The molecule has 2 heteroatoms. The van der Waals surface area contributed by atoms with Gasteiger partial charge in [-0.15, -0.1) is 0 Å². The monoisotopic (exact) mass is 328 g/mol. The van der Waals surface area contributed by atoms with E-state index in [1.807, 2.05) is 0 Å². The van der Waals surface area contributed by atoms with Gasteiger partial charge in [-0.25, -0.2) is 0 Å². The summed E-state index contributed by atoms with van der Waals surface area (Å²) in [7, 11) is -1.31. The van der Waals surface area contributed by atoms with Crippen LogP contribution < -0.4 is 5.19 Å². The molecule has 1 spiro atoms. The predicted molar refractivity (Wildman–Crippen MR) is 101 cm³/mol. The van der Waals surface area contributed by atoms with E-state index in [9.17, 15) is 4.79 Å². The van der Waals surface area contributed by atoms with Gasteiger partial charge in [0.25, 0.3) is 0 Å². The zero-order valence-electron chi connectivity index (χ0n) is 14.8. The van der Waals surface area contributed by atoms with Crippen LogP contribution in [-0.2, 0) is 4.79 Å². The minimum atomic E-state index is -1.31. The molecule has 1 saturated carbocycles. The molecular weight excluding hydrogens is 296 g/mol. The van der Waals surface area contributed by atoms with Gasteiger partial charge in [0.1, 0.15) is 5.78 Å². The van der Waals surface area contributed by atoms with Crippen LogP contribution in [0.4, 0.5) is 0 Å². The molecule has 0 aromatic heterocycles. The minimum absolute atomic E-state index is 0.510. The van der Waals surface area contributed by atoms with Crippen molar-refractivity contribution in [1.29, 1.82) is 0 Å². The quantitative estimate of drug-likeness (QED) is 0.518. The van der Waals surface area contributed by atoms with Crippen molar-refractivity contribution in [2.45, 2.75) is 82.8 Å². The van der Waals surface area contributed by atoms with Crippen LogP contribution in [-0.4, -0.2) is 13.9 Å². The van der Waals surface area contributed by atoms with E-state index < -0.39 is 8.07 Å². The molecule has 1 nitrogen and oxygen atoms in total. The third-order valence-corrected chi connectivity index (χ3v) is 12.1. The fraction of sp³-hybridized carbons (Fsp3) is 0.667. The number of carbonyl (C=O) groups excluding carboxylic acids is 1. The molecule has 1 heterocycles. The second-order valence-electron chi connectivity index (χ2n) is 8.14. The van der Waals surface area contributed by atoms with E-state index >= 15 is 0 Å². The summed E-state index contributed by atoms with van der Waals surface area (Å²) in [6, 6.07) is 15.9. The maximum Gasteiger partial charge on any atom is 0.132 e. The molecular formula is C21H32OSi. The standard InChI is InChI=1S/C21H32OSi/c1-2-3-7-16-23(20-8-5-4-6-9-20)17-14-21(15-18-23)12-10-19(22)11-13-21/h4-6,8-9H,2-3,7,10-18H2,1H3. The molecule has 0 radical (unpaired) electrons. The zero-order chi connectivity index (χ0) is 16.2. The molecule has 1 saturated heterocycles. The van der Waals surface area contributed by atoms with Gasteiger partial charge in [-0.1, -0.05) is 79.8 Å². The van der Waals surface area contributed by atoms with E-state index in [-0.39, 0.29) is 0 Å². The van der Waals surface area contributed by atoms with Gasteiger partial charge in [-0.05, 0) is 31.1 Å². The van der Waals surface area contributed by atoms with Crippen LogP contribution in [0.2, 0.25) is 18.1 Å². The van der Waals surface area contributed by atoms with Gasteiger partial charge < -0.3 is 0 Å². The highest BCUT2D eigenvalue weighted by atomic mass is 28.3. The summed E-state index contributed by atoms with van der Waals surface area (Å²) in [6.07, 6.45) is 11.0. The Balaban J connectivity index is 1.73. The first-order valence-electron chi connectivity index (χ1n) is 9.75. The molecule has 1 aliphatic carbocycles. The van der Waals surface area contributed by atoms with Gasteiger partial charge >= 0.3 is 0 Å². The van der Waals surface area contributed by atoms with Crippen LogP contribution in [0.15, 0.2) is 30.3 Å². The van der Waals surface area contributed by atoms with Crippen molar-refractivity contribution in [2.75, 3.05) is 0 Å². The number of hydrogen-bond acceptors (Lipinski definition) is 1. The number of hydrogen-bond donors (Lipinski definition) is 0. The summed E-state index contributed by atoms with van der Waals surface area (Å²) in [5.74, 6) is 0.510. The highest BCUT2D eigenvalue weighted by Gasteiger charge is 2.45. The summed E-state index contributed by atoms with van der Waals surface area (Å²) < 4.78 is 0. The summed E-state index contributed by atoms with van der Waals surface area (Å²) in [5.41, 5.74) is 0.532. The van der Waals surface area contributed by atoms with Crippen LogP contribution in [0.3, 0.4) is 0 Å². The van der Waals surface area contributed by atoms with E-state index in [2.05, 4.69) is 37.3 Å². The van der Waals surface area contributed by atoms with Crippen molar-refractivity contribution in [3.63, 3.8) is 0 Å². The Labute approximate surface area is 142 Å². The topological polar surface area (TPSA) is 17.1 Å². The normalized spacial score (nSPS) is 23.1. The SMILES string of the molecule is CCCCC[Si]1(c2ccccc2)CCC2(CCC(=O)CC2)CC1. The summed E-state index contributed by atoms with van der Waals surface area (Å²) in [4.78, 5) is 11.6. The van der Waals surface area contributed by atoms with Gasteiger partial charge in [0.05, 0.1) is 8.07 Å². The molecule has 0 amide bonds. The van der Waals surface area contributed by atoms with E-state index in [4.69, 9.17) is 0 Å². The van der Waals surface area contributed by atoms with Gasteiger partial charge in [0.2, 0.25) is 0 Å². The van der Waals surface area contributed by atoms with Crippen LogP contribution in [0, 0.1) is 5.41 Å². The maximum absolute atomic E-state index is 11.6. The third-order valence-electron chi connectivity index (χ3n) is 6.78. The second-order valence-corrected chi connectivity index (χ2v) is 12.8. The van der Waals surface area contributed by atoms with E-state index in [0.29, 0.717) is 11.2 Å². The Morgan fingerprint density at radius 2 is 1.61 bits per heavy atom. The lowest BCUT2D eigenvalue weighted by Crippen LogP contribution is -2.52. The zero-order valence-corrected chi connectivity index (χ0v) is 15.8. The average molecular weight is 329 g/mol. The van der Waals surface area contributed by atoms with Crippen LogP contribution in [0.1, 0.15) is 64.7 Å². The molecule has 1 aromatic rings.